The van der Waals surface area contributed by atoms with E-state index in [1.165, 1.54) is 0 Å². The van der Waals surface area contributed by atoms with Crippen molar-refractivity contribution in [2.75, 3.05) is 16.4 Å². The van der Waals surface area contributed by atoms with Crippen LogP contribution in [0.4, 0.5) is 22.1 Å². The molecule has 4 N–H and O–H groups in total. The predicted molar refractivity (Wildman–Crippen MR) is 127 cm³/mol. The van der Waals surface area contributed by atoms with E-state index in [0.717, 1.165) is 17.0 Å². The van der Waals surface area contributed by atoms with Gasteiger partial charge < -0.3 is 16.4 Å². The van der Waals surface area contributed by atoms with Crippen LogP contribution in [0.5, 0.6) is 0 Å². The zero-order chi connectivity index (χ0) is 22.5. The molecule has 0 aliphatic heterocycles. The molecule has 0 unspecified atom stereocenters. The number of thiophene rings is 1. The number of amides is 1. The normalized spacial score (nSPS) is 10.2. The third-order valence-electron chi connectivity index (χ3n) is 4.74. The second-order valence-corrected chi connectivity index (χ2v) is 7.90. The van der Waals surface area contributed by atoms with Gasteiger partial charge in [-0.1, -0.05) is 48.5 Å². The molecule has 3 aromatic carbocycles. The van der Waals surface area contributed by atoms with E-state index in [1.807, 2.05) is 48.5 Å². The van der Waals surface area contributed by atoms with Crippen LogP contribution >= 0.6 is 11.3 Å². The lowest BCUT2D eigenvalue weighted by Crippen LogP contribution is -2.12. The molecular formula is C25H18N4O2S. The molecule has 32 heavy (non-hydrogen) atoms. The van der Waals surface area contributed by atoms with Crippen LogP contribution in [-0.2, 0) is 0 Å². The Hall–Kier alpha value is -4.41. The van der Waals surface area contributed by atoms with Crippen molar-refractivity contribution in [2.45, 2.75) is 0 Å². The third-order valence-corrected chi connectivity index (χ3v) is 5.86. The number of ketones is 1. The van der Waals surface area contributed by atoms with E-state index in [0.29, 0.717) is 21.8 Å². The van der Waals surface area contributed by atoms with Crippen LogP contribution in [0, 0.1) is 11.3 Å². The molecule has 4 rings (SSSR count). The minimum absolute atomic E-state index is 0.0960. The van der Waals surface area contributed by atoms with Crippen molar-refractivity contribution in [1.29, 1.82) is 5.26 Å². The summed E-state index contributed by atoms with van der Waals surface area (Å²) >= 11 is 1.11. The first-order valence-corrected chi connectivity index (χ1v) is 10.5. The van der Waals surface area contributed by atoms with Gasteiger partial charge in [0.05, 0.1) is 5.69 Å². The smallest absolute Gasteiger partial charge is 0.267 e. The number of rotatable bonds is 6. The van der Waals surface area contributed by atoms with Crippen molar-refractivity contribution in [2.24, 2.45) is 0 Å². The van der Waals surface area contributed by atoms with Gasteiger partial charge in [-0.15, -0.1) is 11.3 Å². The maximum Gasteiger partial charge on any atom is 0.267 e. The summed E-state index contributed by atoms with van der Waals surface area (Å²) in [5.74, 6) is -0.520. The zero-order valence-electron chi connectivity index (χ0n) is 16.8. The van der Waals surface area contributed by atoms with Crippen LogP contribution in [0.2, 0.25) is 0 Å². The van der Waals surface area contributed by atoms with Gasteiger partial charge in [-0.3, -0.25) is 9.59 Å². The zero-order valence-corrected chi connectivity index (χ0v) is 17.6. The number of para-hydroxylation sites is 1. The second-order valence-electron chi connectivity index (χ2n) is 6.88. The number of carbonyl (C=O) groups excluding carboxylic acids is 2. The molecule has 0 bridgehead atoms. The summed E-state index contributed by atoms with van der Waals surface area (Å²) in [4.78, 5) is 25.6. The Balaban J connectivity index is 1.51. The van der Waals surface area contributed by atoms with Crippen molar-refractivity contribution in [3.05, 3.63) is 106 Å². The summed E-state index contributed by atoms with van der Waals surface area (Å²) in [5.41, 5.74) is 8.87. The molecule has 1 heterocycles. The number of benzene rings is 3. The summed E-state index contributed by atoms with van der Waals surface area (Å²) in [5, 5.41) is 15.9. The summed E-state index contributed by atoms with van der Waals surface area (Å²) in [6.45, 7) is 0. The second kappa shape index (κ2) is 9.16. The minimum atomic E-state index is -0.424. The predicted octanol–water partition coefficient (Wildman–Crippen LogP) is 5.43. The SMILES string of the molecule is N#Cc1c(Nc2ccccc2)sc(C(=O)Nc2ccc(C(=O)c3ccccc3)cc2)c1N. The number of anilines is 4. The van der Waals surface area contributed by atoms with Crippen LogP contribution in [0.1, 0.15) is 31.2 Å². The van der Waals surface area contributed by atoms with Gasteiger partial charge in [0.1, 0.15) is 21.5 Å². The summed E-state index contributed by atoms with van der Waals surface area (Å²) in [6, 6.07) is 27.0. The first-order valence-electron chi connectivity index (χ1n) is 9.72. The Bertz CT molecular complexity index is 1310. The fourth-order valence-electron chi connectivity index (χ4n) is 3.11. The number of nitrogens with two attached hydrogens (primary N) is 1. The van der Waals surface area contributed by atoms with E-state index < -0.39 is 5.91 Å². The first-order chi connectivity index (χ1) is 15.6. The molecule has 0 spiro atoms. The molecule has 0 fully saturated rings. The van der Waals surface area contributed by atoms with Gasteiger partial charge in [-0.05, 0) is 36.4 Å². The van der Waals surface area contributed by atoms with Crippen LogP contribution in [0.3, 0.4) is 0 Å². The number of nitriles is 1. The van der Waals surface area contributed by atoms with Crippen molar-refractivity contribution >= 4 is 45.1 Å². The number of hydrogen-bond donors (Lipinski definition) is 3. The molecule has 0 saturated carbocycles. The average molecular weight is 439 g/mol. The fraction of sp³-hybridized carbons (Fsp3) is 0. The van der Waals surface area contributed by atoms with Crippen molar-refractivity contribution in [3.8, 4) is 6.07 Å². The quantitative estimate of drug-likeness (QED) is 0.348. The van der Waals surface area contributed by atoms with Gasteiger partial charge >= 0.3 is 0 Å². The summed E-state index contributed by atoms with van der Waals surface area (Å²) < 4.78 is 0. The highest BCUT2D eigenvalue weighted by Crippen LogP contribution is 2.37. The standard InChI is InChI=1S/C25H18N4O2S/c26-15-20-21(27)23(32-25(20)29-18-9-5-2-6-10-18)24(31)28-19-13-11-17(12-14-19)22(30)16-7-3-1-4-8-16/h1-14,29H,27H2,(H,28,31). The van der Waals surface area contributed by atoms with Gasteiger partial charge in [0.2, 0.25) is 0 Å². The maximum absolute atomic E-state index is 12.8. The Morgan fingerprint density at radius 2 is 1.41 bits per heavy atom. The largest absolute Gasteiger partial charge is 0.396 e. The molecule has 4 aromatic rings. The highest BCUT2D eigenvalue weighted by atomic mass is 32.1. The number of nitrogens with one attached hydrogen (secondary N) is 2. The summed E-state index contributed by atoms with van der Waals surface area (Å²) in [6.07, 6.45) is 0. The van der Waals surface area contributed by atoms with Crippen LogP contribution in [0.15, 0.2) is 84.9 Å². The van der Waals surface area contributed by atoms with Gasteiger partial charge in [0.25, 0.3) is 5.91 Å². The van der Waals surface area contributed by atoms with Gasteiger partial charge in [-0.25, -0.2) is 0 Å². The Labute approximate surface area is 188 Å². The van der Waals surface area contributed by atoms with Gasteiger partial charge in [0.15, 0.2) is 5.78 Å². The Morgan fingerprint density at radius 1 is 0.812 bits per heavy atom. The molecule has 1 amide bonds. The number of carbonyl (C=O) groups is 2. The van der Waals surface area contributed by atoms with E-state index in [2.05, 4.69) is 16.7 Å². The molecule has 0 atom stereocenters. The molecule has 1 aromatic heterocycles. The van der Waals surface area contributed by atoms with Gasteiger partial charge in [0, 0.05) is 22.5 Å². The molecule has 0 radical (unpaired) electrons. The van der Waals surface area contributed by atoms with Crippen LogP contribution < -0.4 is 16.4 Å². The molecule has 156 valence electrons. The highest BCUT2D eigenvalue weighted by Gasteiger charge is 2.21. The first kappa shape index (κ1) is 20.8. The third kappa shape index (κ3) is 4.36. The van der Waals surface area contributed by atoms with E-state index in [1.54, 1.807) is 36.4 Å². The molecule has 0 aliphatic rings. The fourth-order valence-corrected chi connectivity index (χ4v) is 4.10. The minimum Gasteiger partial charge on any atom is -0.396 e. The lowest BCUT2D eigenvalue weighted by molar-refractivity contribution is 0.102. The average Bonchev–Trinajstić information content (AvgIpc) is 3.15. The van der Waals surface area contributed by atoms with Crippen molar-refractivity contribution in [1.82, 2.24) is 0 Å². The Morgan fingerprint density at radius 3 is 2.03 bits per heavy atom. The number of nitrogen functional groups attached to an aromatic ring is 1. The molecular weight excluding hydrogens is 420 g/mol. The molecule has 7 heteroatoms. The van der Waals surface area contributed by atoms with Gasteiger partial charge in [-0.2, -0.15) is 5.26 Å². The molecule has 0 aliphatic carbocycles. The summed E-state index contributed by atoms with van der Waals surface area (Å²) in [7, 11) is 0. The topological polar surface area (TPSA) is 108 Å². The van der Waals surface area contributed by atoms with Crippen LogP contribution in [-0.4, -0.2) is 11.7 Å². The lowest BCUT2D eigenvalue weighted by atomic mass is 10.0. The van der Waals surface area contributed by atoms with E-state index in [4.69, 9.17) is 5.73 Å². The maximum atomic E-state index is 12.8. The van der Waals surface area contributed by atoms with Crippen LogP contribution in [0.25, 0.3) is 0 Å². The van der Waals surface area contributed by atoms with E-state index in [9.17, 15) is 14.9 Å². The Kier molecular flexibility index (Phi) is 5.97. The number of hydrogen-bond acceptors (Lipinski definition) is 6. The highest BCUT2D eigenvalue weighted by molar-refractivity contribution is 7.19. The van der Waals surface area contributed by atoms with Crippen molar-refractivity contribution < 1.29 is 9.59 Å². The monoisotopic (exact) mass is 438 g/mol. The molecule has 6 nitrogen and oxygen atoms in total. The van der Waals surface area contributed by atoms with E-state index >= 15 is 0 Å². The van der Waals surface area contributed by atoms with E-state index in [-0.39, 0.29) is 21.9 Å². The molecule has 0 saturated heterocycles. The lowest BCUT2D eigenvalue weighted by Gasteiger charge is -2.06. The van der Waals surface area contributed by atoms with Crippen molar-refractivity contribution in [3.63, 3.8) is 0 Å². The number of nitrogens with zero attached hydrogens (tertiary/aromatic N) is 1.